The number of aromatic nitrogens is 1. The minimum Gasteiger partial charge on any atom is -0.497 e. The fourth-order valence-corrected chi connectivity index (χ4v) is 3.17. The Balaban J connectivity index is 2.05. The van der Waals surface area contributed by atoms with Crippen LogP contribution in [0.1, 0.15) is 26.0 Å². The zero-order valence-corrected chi connectivity index (χ0v) is 15.3. The molecule has 0 spiro atoms. The number of carboxylic acid groups (broad SMARTS) is 1. The molecule has 0 saturated carbocycles. The summed E-state index contributed by atoms with van der Waals surface area (Å²) in [5.41, 5.74) is 1.53. The lowest BCUT2D eigenvalue weighted by Crippen LogP contribution is -2.45. The van der Waals surface area contributed by atoms with Crippen LogP contribution < -0.4 is 10.1 Å². The number of carboxylic acids is 1. The summed E-state index contributed by atoms with van der Waals surface area (Å²) in [5.74, 6) is -0.748. The molecule has 1 amide bonds. The first-order valence-electron chi connectivity index (χ1n) is 8.05. The fourth-order valence-electron chi connectivity index (χ4n) is 2.35. The van der Waals surface area contributed by atoms with E-state index in [0.29, 0.717) is 12.1 Å². The van der Waals surface area contributed by atoms with Crippen LogP contribution in [0.25, 0.3) is 10.6 Å². The molecule has 134 valence electrons. The zero-order chi connectivity index (χ0) is 18.4. The van der Waals surface area contributed by atoms with Crippen LogP contribution in [0.2, 0.25) is 0 Å². The molecule has 1 aromatic heterocycles. The highest BCUT2D eigenvalue weighted by molar-refractivity contribution is 7.13. The van der Waals surface area contributed by atoms with E-state index in [2.05, 4.69) is 10.3 Å². The van der Waals surface area contributed by atoms with Gasteiger partial charge in [0.05, 0.1) is 19.2 Å². The van der Waals surface area contributed by atoms with Gasteiger partial charge in [-0.25, -0.2) is 9.78 Å². The molecule has 0 aliphatic carbocycles. The van der Waals surface area contributed by atoms with Crippen molar-refractivity contribution in [2.24, 2.45) is 5.92 Å². The molecule has 7 heteroatoms. The predicted molar refractivity (Wildman–Crippen MR) is 96.8 cm³/mol. The average molecular weight is 362 g/mol. The second-order valence-corrected chi connectivity index (χ2v) is 6.68. The molecule has 0 aliphatic rings. The van der Waals surface area contributed by atoms with Crippen LogP contribution in [0.5, 0.6) is 5.75 Å². The number of thiazole rings is 1. The van der Waals surface area contributed by atoms with Crippen molar-refractivity contribution in [2.75, 3.05) is 7.11 Å². The van der Waals surface area contributed by atoms with Crippen LogP contribution in [0, 0.1) is 5.92 Å². The van der Waals surface area contributed by atoms with Crippen molar-refractivity contribution >= 4 is 23.2 Å². The first-order chi connectivity index (χ1) is 11.9. The Hall–Kier alpha value is -2.41. The fraction of sp³-hybridized carbons (Fsp3) is 0.389. The number of aliphatic carboxylic acids is 1. The Morgan fingerprint density at radius 2 is 2.16 bits per heavy atom. The Kier molecular flexibility index (Phi) is 6.52. The Morgan fingerprint density at radius 3 is 2.80 bits per heavy atom. The quantitative estimate of drug-likeness (QED) is 0.754. The molecule has 0 saturated heterocycles. The van der Waals surface area contributed by atoms with Crippen LogP contribution in [0.3, 0.4) is 0 Å². The van der Waals surface area contributed by atoms with Gasteiger partial charge in [-0.2, -0.15) is 0 Å². The van der Waals surface area contributed by atoms with E-state index < -0.39 is 12.0 Å². The smallest absolute Gasteiger partial charge is 0.326 e. The summed E-state index contributed by atoms with van der Waals surface area (Å²) in [4.78, 5) is 27.9. The number of hydrogen-bond acceptors (Lipinski definition) is 5. The topological polar surface area (TPSA) is 88.5 Å². The van der Waals surface area contributed by atoms with E-state index in [1.807, 2.05) is 43.5 Å². The van der Waals surface area contributed by atoms with Crippen molar-refractivity contribution in [1.29, 1.82) is 0 Å². The van der Waals surface area contributed by atoms with Gasteiger partial charge < -0.3 is 15.2 Å². The van der Waals surface area contributed by atoms with Crippen LogP contribution >= 0.6 is 11.3 Å². The minimum atomic E-state index is -1.02. The molecule has 1 aromatic carbocycles. The molecule has 0 fully saturated rings. The molecule has 25 heavy (non-hydrogen) atoms. The second-order valence-electron chi connectivity index (χ2n) is 5.82. The maximum Gasteiger partial charge on any atom is 0.326 e. The van der Waals surface area contributed by atoms with Gasteiger partial charge in [-0.15, -0.1) is 11.3 Å². The Labute approximate surface area is 150 Å². The number of ether oxygens (including phenoxy) is 1. The van der Waals surface area contributed by atoms with Gasteiger partial charge in [0.25, 0.3) is 0 Å². The maximum atomic E-state index is 12.2. The molecular formula is C18H22N2O4S. The zero-order valence-electron chi connectivity index (χ0n) is 14.5. The van der Waals surface area contributed by atoms with Gasteiger partial charge in [-0.1, -0.05) is 32.4 Å². The summed E-state index contributed by atoms with van der Waals surface area (Å²) in [6, 6.07) is 6.66. The summed E-state index contributed by atoms with van der Waals surface area (Å²) in [5, 5.41) is 14.4. The third-order valence-corrected chi connectivity index (χ3v) is 4.95. The monoisotopic (exact) mass is 362 g/mol. The molecule has 2 rings (SSSR count). The van der Waals surface area contributed by atoms with Gasteiger partial charge in [0.1, 0.15) is 16.8 Å². The van der Waals surface area contributed by atoms with E-state index in [1.165, 1.54) is 11.3 Å². The van der Waals surface area contributed by atoms with Crippen molar-refractivity contribution in [3.63, 3.8) is 0 Å². The van der Waals surface area contributed by atoms with E-state index in [-0.39, 0.29) is 18.2 Å². The molecule has 2 aromatic rings. The number of amides is 1. The number of carbonyl (C=O) groups excluding carboxylic acids is 1. The lowest BCUT2D eigenvalue weighted by molar-refractivity contribution is -0.143. The van der Waals surface area contributed by atoms with Crippen molar-refractivity contribution in [1.82, 2.24) is 10.3 Å². The number of benzene rings is 1. The summed E-state index contributed by atoms with van der Waals surface area (Å²) >= 11 is 1.44. The van der Waals surface area contributed by atoms with Gasteiger partial charge in [-0.05, 0) is 18.1 Å². The molecule has 2 N–H and O–H groups in total. The van der Waals surface area contributed by atoms with E-state index in [4.69, 9.17) is 4.74 Å². The van der Waals surface area contributed by atoms with E-state index in [9.17, 15) is 14.7 Å². The molecule has 0 radical (unpaired) electrons. The number of methoxy groups -OCH3 is 1. The molecule has 2 atom stereocenters. The summed E-state index contributed by atoms with van der Waals surface area (Å²) < 4.78 is 5.20. The van der Waals surface area contributed by atoms with E-state index in [0.717, 1.165) is 16.3 Å². The van der Waals surface area contributed by atoms with Gasteiger partial charge >= 0.3 is 5.97 Å². The molecule has 0 aliphatic heterocycles. The number of rotatable bonds is 8. The van der Waals surface area contributed by atoms with E-state index >= 15 is 0 Å². The van der Waals surface area contributed by atoms with Crippen molar-refractivity contribution in [2.45, 2.75) is 32.7 Å². The average Bonchev–Trinajstić information content (AvgIpc) is 3.07. The van der Waals surface area contributed by atoms with Crippen LogP contribution in [0.4, 0.5) is 0 Å². The number of nitrogens with one attached hydrogen (secondary N) is 1. The van der Waals surface area contributed by atoms with E-state index in [1.54, 1.807) is 7.11 Å². The van der Waals surface area contributed by atoms with Crippen LogP contribution in [0.15, 0.2) is 29.6 Å². The standard InChI is InChI=1S/C18H22N2O4S/c1-4-11(2)16(18(22)23)20-15(21)9-13-10-25-17(19-13)12-6-5-7-14(8-12)24-3/h5-8,10-11,16H,4,9H2,1-3H3,(H,20,21)(H,22,23)/t11-,16-/m1/s1. The summed E-state index contributed by atoms with van der Waals surface area (Å²) in [7, 11) is 1.60. The molecule has 6 nitrogen and oxygen atoms in total. The van der Waals surface area contributed by atoms with Gasteiger partial charge in [0, 0.05) is 10.9 Å². The highest BCUT2D eigenvalue weighted by Gasteiger charge is 2.25. The third kappa shape index (κ3) is 5.03. The third-order valence-electron chi connectivity index (χ3n) is 4.01. The van der Waals surface area contributed by atoms with Crippen LogP contribution in [-0.4, -0.2) is 35.1 Å². The SMILES string of the molecule is CC[C@@H](C)[C@@H](NC(=O)Cc1csc(-c2cccc(OC)c2)n1)C(=O)O. The Bertz CT molecular complexity index is 744. The normalized spacial score (nSPS) is 13.1. The highest BCUT2D eigenvalue weighted by Crippen LogP contribution is 2.27. The van der Waals surface area contributed by atoms with Crippen LogP contribution in [-0.2, 0) is 16.0 Å². The summed E-state index contributed by atoms with van der Waals surface area (Å²) in [6.45, 7) is 3.70. The maximum absolute atomic E-state index is 12.2. The van der Waals surface area contributed by atoms with Gasteiger partial charge in [-0.3, -0.25) is 4.79 Å². The Morgan fingerprint density at radius 1 is 1.40 bits per heavy atom. The molecule has 1 heterocycles. The molecule has 0 bridgehead atoms. The van der Waals surface area contributed by atoms with Crippen molar-refractivity contribution < 1.29 is 19.4 Å². The van der Waals surface area contributed by atoms with Crippen molar-refractivity contribution in [3.05, 3.63) is 35.3 Å². The second kappa shape index (κ2) is 8.62. The molecule has 0 unspecified atom stereocenters. The lowest BCUT2D eigenvalue weighted by Gasteiger charge is -2.19. The van der Waals surface area contributed by atoms with Crippen molar-refractivity contribution in [3.8, 4) is 16.3 Å². The lowest BCUT2D eigenvalue weighted by atomic mass is 9.99. The van der Waals surface area contributed by atoms with Gasteiger partial charge in [0.15, 0.2) is 0 Å². The number of nitrogens with zero attached hydrogens (tertiary/aromatic N) is 1. The first kappa shape index (κ1) is 18.9. The first-order valence-corrected chi connectivity index (χ1v) is 8.93. The number of hydrogen-bond donors (Lipinski definition) is 2. The largest absolute Gasteiger partial charge is 0.497 e. The highest BCUT2D eigenvalue weighted by atomic mass is 32.1. The minimum absolute atomic E-state index is 0.0562. The van der Waals surface area contributed by atoms with Gasteiger partial charge in [0.2, 0.25) is 5.91 Å². The molecular weight excluding hydrogens is 340 g/mol. The predicted octanol–water partition coefficient (Wildman–Crippen LogP) is 2.98. The summed E-state index contributed by atoms with van der Waals surface area (Å²) in [6.07, 6.45) is 0.731. The number of carbonyl (C=O) groups is 2.